The molecule has 0 aliphatic heterocycles. The molecule has 0 bridgehead atoms. The smallest absolute Gasteiger partial charge is 0.419 e. The van der Waals surface area contributed by atoms with Gasteiger partial charge in [0.25, 0.3) is 5.88 Å². The lowest BCUT2D eigenvalue weighted by Gasteiger charge is -2.11. The highest BCUT2D eigenvalue weighted by molar-refractivity contribution is 5.38. The monoisotopic (exact) mass is 308 g/mol. The fourth-order valence-electron chi connectivity index (χ4n) is 1.43. The van der Waals surface area contributed by atoms with Crippen LogP contribution in [0.1, 0.15) is 5.56 Å². The number of nitrogens with two attached hydrogens (primary N) is 1. The molecule has 112 valence electrons. The fourth-order valence-corrected chi connectivity index (χ4v) is 1.43. The van der Waals surface area contributed by atoms with Crippen molar-refractivity contribution in [3.05, 3.63) is 47.3 Å². The van der Waals surface area contributed by atoms with Crippen LogP contribution >= 0.6 is 0 Å². The van der Waals surface area contributed by atoms with Gasteiger partial charge in [0.15, 0.2) is 17.5 Å². The van der Waals surface area contributed by atoms with Gasteiger partial charge in [-0.25, -0.2) is 13.2 Å². The summed E-state index contributed by atoms with van der Waals surface area (Å²) in [6.45, 7) is 0. The van der Waals surface area contributed by atoms with E-state index >= 15 is 0 Å². The average Bonchev–Trinajstić information content (AvgIpc) is 2.37. The van der Waals surface area contributed by atoms with Crippen LogP contribution < -0.4 is 10.5 Å². The summed E-state index contributed by atoms with van der Waals surface area (Å²) >= 11 is 0. The molecule has 2 rings (SSSR count). The molecule has 2 aromatic rings. The molecular weight excluding hydrogens is 302 g/mol. The second-order valence-electron chi connectivity index (χ2n) is 3.88. The summed E-state index contributed by atoms with van der Waals surface area (Å²) < 4.78 is 81.6. The highest BCUT2D eigenvalue weighted by Crippen LogP contribution is 2.35. The van der Waals surface area contributed by atoms with Crippen LogP contribution in [0.25, 0.3) is 0 Å². The van der Waals surface area contributed by atoms with Crippen molar-refractivity contribution in [1.82, 2.24) is 4.98 Å². The zero-order chi connectivity index (χ0) is 15.8. The van der Waals surface area contributed by atoms with Crippen LogP contribution in [0, 0.1) is 17.5 Å². The van der Waals surface area contributed by atoms with E-state index in [4.69, 9.17) is 10.5 Å². The maximum Gasteiger partial charge on any atom is 0.419 e. The van der Waals surface area contributed by atoms with Crippen molar-refractivity contribution in [1.29, 1.82) is 0 Å². The maximum absolute atomic E-state index is 13.4. The number of rotatable bonds is 2. The number of aromatic nitrogens is 1. The van der Waals surface area contributed by atoms with Gasteiger partial charge in [-0.15, -0.1) is 0 Å². The Bertz CT molecular complexity index is 686. The number of pyridine rings is 1. The predicted octanol–water partition coefficient (Wildman–Crippen LogP) is 3.89. The largest absolute Gasteiger partial charge is 0.436 e. The van der Waals surface area contributed by atoms with Crippen LogP contribution in [0.5, 0.6) is 11.6 Å². The third kappa shape index (κ3) is 3.18. The quantitative estimate of drug-likeness (QED) is 0.856. The standard InChI is InChI=1S/C12H6F6N2O/c13-7-2-1-5(3-6(7)12(16,17)18)21-11-9(15)4-8(14)10(19)20-11/h1-4H,(H2,19,20). The second-order valence-corrected chi connectivity index (χ2v) is 3.88. The van der Waals surface area contributed by atoms with Crippen LogP contribution in [-0.2, 0) is 6.18 Å². The van der Waals surface area contributed by atoms with Crippen LogP contribution in [-0.4, -0.2) is 4.98 Å². The molecule has 2 N–H and O–H groups in total. The van der Waals surface area contributed by atoms with Crippen molar-refractivity contribution in [2.45, 2.75) is 6.18 Å². The third-order valence-corrected chi connectivity index (χ3v) is 2.38. The van der Waals surface area contributed by atoms with Gasteiger partial charge in [-0.05, 0) is 18.2 Å². The molecule has 1 aromatic heterocycles. The minimum atomic E-state index is -4.95. The number of hydrogen-bond acceptors (Lipinski definition) is 3. The number of halogens is 6. The Morgan fingerprint density at radius 1 is 0.952 bits per heavy atom. The Labute approximate surface area is 114 Å². The molecule has 0 fully saturated rings. The number of anilines is 1. The van der Waals surface area contributed by atoms with E-state index in [1.807, 2.05) is 0 Å². The Morgan fingerprint density at radius 2 is 1.62 bits per heavy atom. The minimum Gasteiger partial charge on any atom is -0.436 e. The molecule has 0 aliphatic rings. The van der Waals surface area contributed by atoms with E-state index in [2.05, 4.69) is 4.98 Å². The van der Waals surface area contributed by atoms with Crippen molar-refractivity contribution in [3.8, 4) is 11.6 Å². The van der Waals surface area contributed by atoms with Gasteiger partial charge in [0.1, 0.15) is 11.6 Å². The molecular formula is C12H6F6N2O. The molecule has 1 aromatic carbocycles. The van der Waals surface area contributed by atoms with Crippen LogP contribution in [0.15, 0.2) is 24.3 Å². The van der Waals surface area contributed by atoms with Gasteiger partial charge in [-0.3, -0.25) is 0 Å². The molecule has 0 spiro atoms. The van der Waals surface area contributed by atoms with Gasteiger partial charge in [-0.1, -0.05) is 0 Å². The number of nitrogens with zero attached hydrogens (tertiary/aromatic N) is 1. The highest BCUT2D eigenvalue weighted by Gasteiger charge is 2.34. The van der Waals surface area contributed by atoms with E-state index in [1.165, 1.54) is 0 Å². The molecule has 0 aliphatic carbocycles. The van der Waals surface area contributed by atoms with Gasteiger partial charge >= 0.3 is 6.18 Å². The Kier molecular flexibility index (Phi) is 3.67. The first-order valence-electron chi connectivity index (χ1n) is 5.34. The number of hydrogen-bond donors (Lipinski definition) is 1. The van der Waals surface area contributed by atoms with Crippen LogP contribution in [0.3, 0.4) is 0 Å². The molecule has 21 heavy (non-hydrogen) atoms. The first kappa shape index (κ1) is 14.9. The Hall–Kier alpha value is -2.45. The summed E-state index contributed by atoms with van der Waals surface area (Å²) in [4.78, 5) is 3.21. The van der Waals surface area contributed by atoms with Crippen LogP contribution in [0.4, 0.5) is 32.2 Å². The topological polar surface area (TPSA) is 48.1 Å². The van der Waals surface area contributed by atoms with Gasteiger partial charge in [0, 0.05) is 6.07 Å². The van der Waals surface area contributed by atoms with Gasteiger partial charge in [0.05, 0.1) is 5.56 Å². The molecule has 0 saturated heterocycles. The lowest BCUT2D eigenvalue weighted by Crippen LogP contribution is -2.08. The van der Waals surface area contributed by atoms with Gasteiger partial charge in [-0.2, -0.15) is 18.2 Å². The van der Waals surface area contributed by atoms with Crippen molar-refractivity contribution in [3.63, 3.8) is 0 Å². The summed E-state index contributed by atoms with van der Waals surface area (Å²) in [5, 5.41) is 0. The van der Waals surface area contributed by atoms with E-state index in [9.17, 15) is 26.3 Å². The number of ether oxygens (including phenoxy) is 1. The Morgan fingerprint density at radius 3 is 2.24 bits per heavy atom. The summed E-state index contributed by atoms with van der Waals surface area (Å²) in [7, 11) is 0. The van der Waals surface area contributed by atoms with E-state index in [1.54, 1.807) is 0 Å². The molecule has 0 atom stereocenters. The van der Waals surface area contributed by atoms with Crippen LogP contribution in [0.2, 0.25) is 0 Å². The van der Waals surface area contributed by atoms with E-state index < -0.39 is 46.6 Å². The lowest BCUT2D eigenvalue weighted by molar-refractivity contribution is -0.140. The molecule has 0 unspecified atom stereocenters. The highest BCUT2D eigenvalue weighted by atomic mass is 19.4. The molecule has 9 heteroatoms. The van der Waals surface area contributed by atoms with Crippen molar-refractivity contribution in [2.24, 2.45) is 0 Å². The molecule has 0 amide bonds. The van der Waals surface area contributed by atoms with Crippen molar-refractivity contribution >= 4 is 5.82 Å². The molecule has 0 saturated carbocycles. The molecule has 1 heterocycles. The predicted molar refractivity (Wildman–Crippen MR) is 60.0 cm³/mol. The SMILES string of the molecule is Nc1nc(Oc2ccc(F)c(C(F)(F)F)c2)c(F)cc1F. The van der Waals surface area contributed by atoms with E-state index in [-0.39, 0.29) is 0 Å². The first-order valence-corrected chi connectivity index (χ1v) is 5.34. The number of nitrogen functional groups attached to an aromatic ring is 1. The minimum absolute atomic E-state index is 0.329. The lowest BCUT2D eigenvalue weighted by atomic mass is 10.2. The normalized spacial score (nSPS) is 11.5. The fraction of sp³-hybridized carbons (Fsp3) is 0.0833. The van der Waals surface area contributed by atoms with Crippen molar-refractivity contribution < 1.29 is 31.1 Å². The second kappa shape index (κ2) is 5.15. The average molecular weight is 308 g/mol. The van der Waals surface area contributed by atoms with Gasteiger partial charge < -0.3 is 10.5 Å². The maximum atomic E-state index is 13.4. The number of benzene rings is 1. The van der Waals surface area contributed by atoms with Gasteiger partial charge in [0.2, 0.25) is 0 Å². The third-order valence-electron chi connectivity index (χ3n) is 2.38. The summed E-state index contributed by atoms with van der Waals surface area (Å²) in [6.07, 6.45) is -4.95. The Balaban J connectivity index is 2.39. The first-order chi connectivity index (χ1) is 9.68. The zero-order valence-corrected chi connectivity index (χ0v) is 10.0. The summed E-state index contributed by atoms with van der Waals surface area (Å²) in [5.41, 5.74) is 3.51. The van der Waals surface area contributed by atoms with E-state index in [0.29, 0.717) is 18.2 Å². The van der Waals surface area contributed by atoms with E-state index in [0.717, 1.165) is 6.07 Å². The summed E-state index contributed by atoms with van der Waals surface area (Å²) in [6, 6.07) is 2.04. The zero-order valence-electron chi connectivity index (χ0n) is 10.0. The van der Waals surface area contributed by atoms with Crippen molar-refractivity contribution in [2.75, 3.05) is 5.73 Å². The number of alkyl halides is 3. The molecule has 0 radical (unpaired) electrons. The molecule has 3 nitrogen and oxygen atoms in total. The summed E-state index contributed by atoms with van der Waals surface area (Å²) in [5.74, 6) is -5.96.